The van der Waals surface area contributed by atoms with Crippen LogP contribution in [0.1, 0.15) is 34.3 Å². The molecule has 1 aliphatic carbocycles. The molecule has 0 unspecified atom stereocenters. The zero-order valence-electron chi connectivity index (χ0n) is 14.4. The second kappa shape index (κ2) is 6.82. The summed E-state index contributed by atoms with van der Waals surface area (Å²) in [6, 6.07) is 6.02. The Labute approximate surface area is 144 Å². The average Bonchev–Trinajstić information content (AvgIpc) is 2.60. The highest BCUT2D eigenvalue weighted by atomic mass is 32.2. The van der Waals surface area contributed by atoms with Crippen LogP contribution in [0.2, 0.25) is 0 Å². The monoisotopic (exact) mass is 351 g/mol. The number of amides is 1. The van der Waals surface area contributed by atoms with Gasteiger partial charge in [0, 0.05) is 45.8 Å². The summed E-state index contributed by atoms with van der Waals surface area (Å²) >= 11 is 0. The first-order valence-corrected chi connectivity index (χ1v) is 9.88. The van der Waals surface area contributed by atoms with Crippen molar-refractivity contribution in [2.24, 2.45) is 0 Å². The summed E-state index contributed by atoms with van der Waals surface area (Å²) < 4.78 is 26.9. The zero-order chi connectivity index (χ0) is 17.3. The lowest BCUT2D eigenvalue weighted by Crippen LogP contribution is -2.53. The van der Waals surface area contributed by atoms with Gasteiger partial charge in [0.25, 0.3) is 16.1 Å². The molecular formula is C17H25N3O3S. The molecule has 7 heteroatoms. The summed E-state index contributed by atoms with van der Waals surface area (Å²) in [5.74, 6) is 0.00488. The van der Waals surface area contributed by atoms with E-state index in [1.54, 1.807) is 4.90 Å². The molecule has 1 saturated heterocycles. The molecule has 132 valence electrons. The number of carbonyl (C=O) groups excluding carboxylic acids is 1. The summed E-state index contributed by atoms with van der Waals surface area (Å²) in [6.45, 7) is 1.56. The minimum Gasteiger partial charge on any atom is -0.336 e. The van der Waals surface area contributed by atoms with Gasteiger partial charge in [-0.1, -0.05) is 6.07 Å². The summed E-state index contributed by atoms with van der Waals surface area (Å²) in [6.07, 6.45) is 4.56. The summed E-state index contributed by atoms with van der Waals surface area (Å²) in [5, 5.41) is 0. The van der Waals surface area contributed by atoms with Crippen LogP contribution in [0.4, 0.5) is 0 Å². The van der Waals surface area contributed by atoms with Gasteiger partial charge in [0.15, 0.2) is 0 Å². The van der Waals surface area contributed by atoms with E-state index in [9.17, 15) is 13.2 Å². The highest BCUT2D eigenvalue weighted by Gasteiger charge is 2.30. The second-order valence-electron chi connectivity index (χ2n) is 6.67. The average molecular weight is 351 g/mol. The maximum Gasteiger partial charge on any atom is 0.281 e. The largest absolute Gasteiger partial charge is 0.336 e. The van der Waals surface area contributed by atoms with Gasteiger partial charge in [0.2, 0.25) is 0 Å². The fourth-order valence-electron chi connectivity index (χ4n) is 3.40. The quantitative estimate of drug-likeness (QED) is 0.820. The molecule has 0 saturated carbocycles. The normalized spacial score (nSPS) is 19.4. The molecule has 1 aromatic rings. The van der Waals surface area contributed by atoms with E-state index in [4.69, 9.17) is 0 Å². The van der Waals surface area contributed by atoms with Crippen molar-refractivity contribution in [3.63, 3.8) is 0 Å². The van der Waals surface area contributed by atoms with Gasteiger partial charge in [-0.2, -0.15) is 17.0 Å². The van der Waals surface area contributed by atoms with Gasteiger partial charge in [-0.3, -0.25) is 4.79 Å². The van der Waals surface area contributed by atoms with Gasteiger partial charge in [-0.05, 0) is 48.9 Å². The molecule has 0 bridgehead atoms. The van der Waals surface area contributed by atoms with Gasteiger partial charge >= 0.3 is 0 Å². The number of aryl methyl sites for hydroxylation is 2. The van der Waals surface area contributed by atoms with Crippen LogP contribution in [0.3, 0.4) is 0 Å². The van der Waals surface area contributed by atoms with Crippen LogP contribution >= 0.6 is 0 Å². The highest BCUT2D eigenvalue weighted by molar-refractivity contribution is 7.86. The molecule has 0 atom stereocenters. The Morgan fingerprint density at radius 1 is 1.00 bits per heavy atom. The maximum atomic E-state index is 12.7. The number of hydrogen-bond acceptors (Lipinski definition) is 3. The molecule has 1 aromatic carbocycles. The molecule has 0 aromatic heterocycles. The number of piperazine rings is 1. The van der Waals surface area contributed by atoms with Crippen molar-refractivity contribution in [3.8, 4) is 0 Å². The van der Waals surface area contributed by atoms with Gasteiger partial charge in [-0.25, -0.2) is 0 Å². The number of fused-ring (bicyclic) bond motifs is 1. The Bertz CT molecular complexity index is 723. The van der Waals surface area contributed by atoms with Crippen molar-refractivity contribution in [3.05, 3.63) is 34.9 Å². The fraction of sp³-hybridized carbons (Fsp3) is 0.588. The molecule has 1 heterocycles. The van der Waals surface area contributed by atoms with Crippen molar-refractivity contribution in [2.45, 2.75) is 25.7 Å². The maximum absolute atomic E-state index is 12.7. The molecule has 0 spiro atoms. The Kier molecular flexibility index (Phi) is 4.94. The third kappa shape index (κ3) is 3.34. The number of hydrogen-bond donors (Lipinski definition) is 0. The first kappa shape index (κ1) is 17.4. The number of nitrogens with zero attached hydrogens (tertiary/aromatic N) is 3. The van der Waals surface area contributed by atoms with Crippen LogP contribution in [0.15, 0.2) is 18.2 Å². The molecule has 0 N–H and O–H groups in total. The van der Waals surface area contributed by atoms with Gasteiger partial charge in [0.05, 0.1) is 0 Å². The van der Waals surface area contributed by atoms with Crippen molar-refractivity contribution >= 4 is 16.1 Å². The van der Waals surface area contributed by atoms with Crippen molar-refractivity contribution in [1.82, 2.24) is 13.5 Å². The predicted octanol–water partition coefficient (Wildman–Crippen LogP) is 1.13. The topological polar surface area (TPSA) is 60.9 Å². The van der Waals surface area contributed by atoms with Crippen molar-refractivity contribution < 1.29 is 13.2 Å². The van der Waals surface area contributed by atoms with E-state index in [0.717, 1.165) is 18.4 Å². The molecular weight excluding hydrogens is 326 g/mol. The molecule has 0 radical (unpaired) electrons. The van der Waals surface area contributed by atoms with E-state index < -0.39 is 10.2 Å². The second-order valence-corrected chi connectivity index (χ2v) is 8.81. The lowest BCUT2D eigenvalue weighted by Gasteiger charge is -2.35. The van der Waals surface area contributed by atoms with Crippen molar-refractivity contribution in [2.75, 3.05) is 40.3 Å². The molecule has 2 aliphatic rings. The van der Waals surface area contributed by atoms with Gasteiger partial charge in [0.1, 0.15) is 0 Å². The Morgan fingerprint density at radius 2 is 1.62 bits per heavy atom. The third-order valence-corrected chi connectivity index (χ3v) is 6.85. The van der Waals surface area contributed by atoms with Gasteiger partial charge < -0.3 is 4.90 Å². The molecule has 1 fully saturated rings. The highest BCUT2D eigenvalue weighted by Crippen LogP contribution is 2.23. The van der Waals surface area contributed by atoms with E-state index in [1.807, 2.05) is 12.1 Å². The standard InChI is InChI=1S/C17H25N3O3S/c1-18(2)24(22,23)20-11-9-19(10-12-20)17(21)16-8-7-14-5-3-4-6-15(14)13-16/h7-8,13H,3-6,9-12H2,1-2H3. The van der Waals surface area contributed by atoms with Gasteiger partial charge in [-0.15, -0.1) is 0 Å². The predicted molar refractivity (Wildman–Crippen MR) is 93.2 cm³/mol. The Balaban J connectivity index is 1.67. The first-order valence-electron chi connectivity index (χ1n) is 8.48. The van der Waals surface area contributed by atoms with E-state index in [-0.39, 0.29) is 5.91 Å². The van der Waals surface area contributed by atoms with Crippen LogP contribution < -0.4 is 0 Å². The van der Waals surface area contributed by atoms with E-state index in [1.165, 1.54) is 46.7 Å². The molecule has 6 nitrogen and oxygen atoms in total. The van der Waals surface area contributed by atoms with E-state index in [0.29, 0.717) is 26.2 Å². The first-order chi connectivity index (χ1) is 11.4. The summed E-state index contributed by atoms with van der Waals surface area (Å²) in [5.41, 5.74) is 3.38. The SMILES string of the molecule is CN(C)S(=O)(=O)N1CCN(C(=O)c2ccc3c(c2)CCCC3)CC1. The molecule has 1 amide bonds. The lowest BCUT2D eigenvalue weighted by molar-refractivity contribution is 0.0695. The third-order valence-electron chi connectivity index (χ3n) is 4.91. The molecule has 1 aliphatic heterocycles. The molecule has 3 rings (SSSR count). The smallest absolute Gasteiger partial charge is 0.281 e. The van der Waals surface area contributed by atoms with Crippen LogP contribution in [-0.4, -0.2) is 68.1 Å². The minimum atomic E-state index is -3.40. The summed E-state index contributed by atoms with van der Waals surface area (Å²) in [4.78, 5) is 14.5. The summed E-state index contributed by atoms with van der Waals surface area (Å²) in [7, 11) is -0.342. The van der Waals surface area contributed by atoms with E-state index in [2.05, 4.69) is 6.07 Å². The molecule has 24 heavy (non-hydrogen) atoms. The van der Waals surface area contributed by atoms with Crippen LogP contribution in [-0.2, 0) is 23.1 Å². The Morgan fingerprint density at radius 3 is 2.25 bits per heavy atom. The van der Waals surface area contributed by atoms with Crippen LogP contribution in [0.25, 0.3) is 0 Å². The van der Waals surface area contributed by atoms with E-state index >= 15 is 0 Å². The fourth-order valence-corrected chi connectivity index (χ4v) is 4.49. The Hall–Kier alpha value is -1.44. The zero-order valence-corrected chi connectivity index (χ0v) is 15.2. The van der Waals surface area contributed by atoms with Crippen LogP contribution in [0, 0.1) is 0 Å². The number of rotatable bonds is 3. The van der Waals surface area contributed by atoms with Crippen molar-refractivity contribution in [1.29, 1.82) is 0 Å². The number of carbonyl (C=O) groups is 1. The lowest BCUT2D eigenvalue weighted by atomic mass is 9.90. The number of benzene rings is 1. The minimum absolute atomic E-state index is 0.00488. The van der Waals surface area contributed by atoms with Crippen LogP contribution in [0.5, 0.6) is 0 Å².